The number of nitro groups is 2. The van der Waals surface area contributed by atoms with Gasteiger partial charge in [0.1, 0.15) is 0 Å². The normalized spacial score (nSPS) is 11.4. The fourth-order valence-corrected chi connectivity index (χ4v) is 4.33. The van der Waals surface area contributed by atoms with Crippen LogP contribution in [0.5, 0.6) is 0 Å². The molecule has 0 amide bonds. The molecule has 0 aliphatic carbocycles. The first-order chi connectivity index (χ1) is 16.1. The van der Waals surface area contributed by atoms with Gasteiger partial charge in [0.05, 0.1) is 20.8 Å². The lowest BCUT2D eigenvalue weighted by molar-refractivity contribution is -0.396. The van der Waals surface area contributed by atoms with Gasteiger partial charge in [0, 0.05) is 17.3 Å². The third-order valence-electron chi connectivity index (χ3n) is 5.21. The molecule has 0 N–H and O–H groups in total. The van der Waals surface area contributed by atoms with E-state index in [1.54, 1.807) is 0 Å². The summed E-state index contributed by atoms with van der Waals surface area (Å²) in [7, 11) is 0. The van der Waals surface area contributed by atoms with Gasteiger partial charge in [0.15, 0.2) is 5.82 Å². The van der Waals surface area contributed by atoms with Gasteiger partial charge in [-0.2, -0.15) is 0 Å². The Morgan fingerprint density at radius 2 is 1.53 bits per heavy atom. The number of rotatable bonds is 6. The second-order valence-electron chi connectivity index (χ2n) is 8.57. The predicted octanol–water partition coefficient (Wildman–Crippen LogP) is 6.20. The third-order valence-corrected chi connectivity index (χ3v) is 6.22. The number of aromatic nitrogens is 3. The highest BCUT2D eigenvalue weighted by molar-refractivity contribution is 7.99. The lowest BCUT2D eigenvalue weighted by Crippen LogP contribution is -2.10. The van der Waals surface area contributed by atoms with Gasteiger partial charge in [-0.15, -0.1) is 10.2 Å². The van der Waals surface area contributed by atoms with Gasteiger partial charge in [-0.1, -0.05) is 63.2 Å². The molecule has 10 heteroatoms. The van der Waals surface area contributed by atoms with Crippen molar-refractivity contribution in [1.82, 2.24) is 14.8 Å². The Balaban J connectivity index is 1.82. The van der Waals surface area contributed by atoms with Crippen LogP contribution in [0.3, 0.4) is 0 Å². The van der Waals surface area contributed by atoms with Gasteiger partial charge < -0.3 is 0 Å². The fraction of sp³-hybridized carbons (Fsp3) is 0.167. The number of hydrogen-bond donors (Lipinski definition) is 0. The summed E-state index contributed by atoms with van der Waals surface area (Å²) in [5.74, 6) is 0.582. The van der Waals surface area contributed by atoms with Crippen molar-refractivity contribution < 1.29 is 9.85 Å². The van der Waals surface area contributed by atoms with Gasteiger partial charge in [0.25, 0.3) is 11.4 Å². The molecule has 0 aliphatic heterocycles. The van der Waals surface area contributed by atoms with E-state index in [0.717, 1.165) is 29.1 Å². The molecule has 0 aliphatic rings. The van der Waals surface area contributed by atoms with Crippen LogP contribution in [0.1, 0.15) is 26.3 Å². The number of nitrogens with zero attached hydrogens (tertiary/aromatic N) is 5. The Kier molecular flexibility index (Phi) is 6.16. The summed E-state index contributed by atoms with van der Waals surface area (Å²) in [6.07, 6.45) is 0. The lowest BCUT2D eigenvalue weighted by atomic mass is 9.87. The van der Waals surface area contributed by atoms with Crippen LogP contribution in [0.4, 0.5) is 11.4 Å². The molecule has 3 aromatic carbocycles. The van der Waals surface area contributed by atoms with Gasteiger partial charge in [-0.05, 0) is 40.9 Å². The van der Waals surface area contributed by atoms with Crippen molar-refractivity contribution in [3.8, 4) is 17.1 Å². The molecular formula is C24H21N5O4S. The molecule has 0 saturated carbocycles. The smallest absolute Gasteiger partial charge is 0.270 e. The van der Waals surface area contributed by atoms with Crippen LogP contribution < -0.4 is 0 Å². The highest BCUT2D eigenvalue weighted by Gasteiger charge is 2.24. The Morgan fingerprint density at radius 3 is 2.12 bits per heavy atom. The minimum Gasteiger partial charge on any atom is -0.270 e. The molecule has 0 fully saturated rings. The van der Waals surface area contributed by atoms with Crippen molar-refractivity contribution >= 4 is 23.1 Å². The molecule has 0 radical (unpaired) electrons. The zero-order valence-electron chi connectivity index (χ0n) is 18.7. The number of non-ortho nitro benzene ring substituents is 1. The zero-order valence-corrected chi connectivity index (χ0v) is 19.5. The van der Waals surface area contributed by atoms with Crippen LogP contribution in [-0.4, -0.2) is 24.6 Å². The van der Waals surface area contributed by atoms with E-state index in [9.17, 15) is 20.2 Å². The van der Waals surface area contributed by atoms with Crippen molar-refractivity contribution in [2.45, 2.75) is 36.2 Å². The molecule has 4 aromatic rings. The zero-order chi connectivity index (χ0) is 24.5. The first kappa shape index (κ1) is 23.1. The molecule has 0 unspecified atom stereocenters. The van der Waals surface area contributed by atoms with Crippen LogP contribution in [0, 0.1) is 20.2 Å². The lowest BCUT2D eigenvalue weighted by Gasteiger charge is -2.19. The number of benzene rings is 3. The Morgan fingerprint density at radius 1 is 0.853 bits per heavy atom. The average Bonchev–Trinajstić information content (AvgIpc) is 3.22. The van der Waals surface area contributed by atoms with Gasteiger partial charge >= 0.3 is 0 Å². The van der Waals surface area contributed by atoms with Crippen LogP contribution >= 0.6 is 11.8 Å². The minimum atomic E-state index is -0.659. The molecule has 0 bridgehead atoms. The van der Waals surface area contributed by atoms with Gasteiger partial charge in [-0.25, -0.2) is 0 Å². The van der Waals surface area contributed by atoms with Crippen LogP contribution in [0.15, 0.2) is 82.8 Å². The molecule has 0 saturated heterocycles. The van der Waals surface area contributed by atoms with Crippen molar-refractivity contribution in [3.63, 3.8) is 0 Å². The molecule has 0 atom stereocenters. The summed E-state index contributed by atoms with van der Waals surface area (Å²) in [6, 6.07) is 21.1. The van der Waals surface area contributed by atoms with E-state index in [0.29, 0.717) is 11.0 Å². The van der Waals surface area contributed by atoms with Crippen LogP contribution in [0.2, 0.25) is 0 Å². The van der Waals surface area contributed by atoms with Gasteiger partial charge in [0.2, 0.25) is 5.16 Å². The number of hydrogen-bond acceptors (Lipinski definition) is 7. The summed E-state index contributed by atoms with van der Waals surface area (Å²) < 4.78 is 1.82. The summed E-state index contributed by atoms with van der Waals surface area (Å²) in [5, 5.41) is 31.8. The maximum Gasteiger partial charge on any atom is 0.290 e. The van der Waals surface area contributed by atoms with E-state index < -0.39 is 9.85 Å². The molecule has 1 aromatic heterocycles. The Bertz CT molecular complexity index is 1360. The summed E-state index contributed by atoms with van der Waals surface area (Å²) in [6.45, 7) is 6.42. The summed E-state index contributed by atoms with van der Waals surface area (Å²) in [4.78, 5) is 21.6. The molecule has 9 nitrogen and oxygen atoms in total. The van der Waals surface area contributed by atoms with E-state index in [1.165, 1.54) is 17.7 Å². The van der Waals surface area contributed by atoms with E-state index in [4.69, 9.17) is 0 Å². The largest absolute Gasteiger partial charge is 0.290 e. The van der Waals surface area contributed by atoms with Crippen molar-refractivity contribution in [1.29, 1.82) is 0 Å². The summed E-state index contributed by atoms with van der Waals surface area (Å²) >= 11 is 1.03. The fourth-order valence-electron chi connectivity index (χ4n) is 3.40. The average molecular weight is 476 g/mol. The Hall–Kier alpha value is -4.05. The van der Waals surface area contributed by atoms with Gasteiger partial charge in [-0.3, -0.25) is 24.8 Å². The van der Waals surface area contributed by atoms with Crippen molar-refractivity contribution in [2.75, 3.05) is 0 Å². The second kappa shape index (κ2) is 9.06. The molecule has 0 spiro atoms. The Labute approximate surface area is 199 Å². The van der Waals surface area contributed by atoms with E-state index in [2.05, 4.69) is 31.0 Å². The standard InChI is InChI=1S/C24H21N5O4S/c1-24(2,3)17-11-9-16(10-12-17)22-25-26-23(27(22)18-7-5-4-6-8-18)34-21-14-13-19(28(30)31)15-20(21)29(32)33/h4-15H,1-3H3. The maximum atomic E-state index is 11.6. The highest BCUT2D eigenvalue weighted by Crippen LogP contribution is 2.38. The van der Waals surface area contributed by atoms with Crippen molar-refractivity contribution in [2.24, 2.45) is 0 Å². The third kappa shape index (κ3) is 4.67. The second-order valence-corrected chi connectivity index (χ2v) is 9.58. The SMILES string of the molecule is CC(C)(C)c1ccc(-c2nnc(Sc3ccc([N+](=O)[O-])cc3[N+](=O)[O-])n2-c2ccccc2)cc1. The van der Waals surface area contributed by atoms with Crippen molar-refractivity contribution in [3.05, 3.63) is 98.6 Å². The molecule has 34 heavy (non-hydrogen) atoms. The highest BCUT2D eigenvalue weighted by atomic mass is 32.2. The molecule has 4 rings (SSSR count). The quantitative estimate of drug-likeness (QED) is 0.241. The van der Waals surface area contributed by atoms with Crippen LogP contribution in [-0.2, 0) is 5.41 Å². The summed E-state index contributed by atoms with van der Waals surface area (Å²) in [5.41, 5.74) is 2.10. The predicted molar refractivity (Wildman–Crippen MR) is 129 cm³/mol. The minimum absolute atomic E-state index is 0.00149. The number of para-hydroxylation sites is 1. The van der Waals surface area contributed by atoms with E-state index in [1.807, 2.05) is 59.2 Å². The topological polar surface area (TPSA) is 117 Å². The van der Waals surface area contributed by atoms with E-state index in [-0.39, 0.29) is 21.7 Å². The van der Waals surface area contributed by atoms with E-state index >= 15 is 0 Å². The first-order valence-corrected chi connectivity index (χ1v) is 11.2. The monoisotopic (exact) mass is 475 g/mol. The number of nitro benzene ring substituents is 2. The first-order valence-electron chi connectivity index (χ1n) is 10.4. The van der Waals surface area contributed by atoms with Crippen LogP contribution in [0.25, 0.3) is 17.1 Å². The molecule has 172 valence electrons. The molecular weight excluding hydrogens is 454 g/mol. The molecule has 1 heterocycles. The maximum absolute atomic E-state index is 11.6.